The molecule has 50 valence electrons. The van der Waals surface area contributed by atoms with Gasteiger partial charge in [-0.25, -0.2) is 0 Å². The topological polar surface area (TPSA) is 109 Å². The third-order valence-corrected chi connectivity index (χ3v) is 0. The van der Waals surface area contributed by atoms with Crippen LogP contribution in [0.1, 0.15) is 0 Å². The fourth-order valence-electron chi connectivity index (χ4n) is 0. The molecule has 0 spiro atoms. The van der Waals surface area contributed by atoms with E-state index in [9.17, 15) is 0 Å². The van der Waals surface area contributed by atoms with Crippen molar-refractivity contribution in [3.05, 3.63) is 0 Å². The van der Waals surface area contributed by atoms with Crippen LogP contribution in [0.15, 0.2) is 0 Å². The van der Waals surface area contributed by atoms with E-state index >= 15 is 0 Å². The van der Waals surface area contributed by atoms with E-state index in [0.717, 1.165) is 0 Å². The van der Waals surface area contributed by atoms with Crippen molar-refractivity contribution in [2.45, 2.75) is 0 Å². The van der Waals surface area contributed by atoms with Gasteiger partial charge in [-0.05, 0) is 0 Å². The fourth-order valence-corrected chi connectivity index (χ4v) is 0. The van der Waals surface area contributed by atoms with Crippen LogP contribution < -0.4 is 0 Å². The van der Waals surface area contributed by atoms with Crippen LogP contribution in [0, 0.1) is 0 Å². The van der Waals surface area contributed by atoms with E-state index in [2.05, 4.69) is 0 Å². The van der Waals surface area contributed by atoms with Crippen LogP contribution in [0.2, 0.25) is 0 Å². The molecule has 6 nitrogen and oxygen atoms in total. The molecular weight excluding hydrogens is 207 g/mol. The first-order chi connectivity index (χ1) is 3.41. The molecular formula is H2O6SSe. The first kappa shape index (κ1) is 10.9. The molecule has 0 unspecified atom stereocenters. The quantitative estimate of drug-likeness (QED) is 0.380. The van der Waals surface area contributed by atoms with E-state index in [1.54, 1.807) is 0 Å². The Morgan fingerprint density at radius 1 is 1.12 bits per heavy atom. The van der Waals surface area contributed by atoms with Crippen molar-refractivity contribution in [3.8, 4) is 0 Å². The Kier molecular flexibility index (Phi) is 6.98. The molecule has 2 N–H and O–H groups in total. The fraction of sp³-hybridized carbons (Fsp3) is 0. The van der Waals surface area contributed by atoms with E-state index in [-0.39, 0.29) is 0 Å². The van der Waals surface area contributed by atoms with Gasteiger partial charge in [0.25, 0.3) is 0 Å². The molecule has 0 atom stereocenters. The Bertz CT molecular complexity index is 149. The predicted molar refractivity (Wildman–Crippen MR) is 21.3 cm³/mol. The molecule has 0 fully saturated rings. The number of rotatable bonds is 0. The van der Waals surface area contributed by atoms with Crippen molar-refractivity contribution < 1.29 is 25.2 Å². The third-order valence-electron chi connectivity index (χ3n) is 0. The van der Waals surface area contributed by atoms with Gasteiger partial charge in [-0.2, -0.15) is 8.42 Å². The molecule has 8 heteroatoms. The van der Waals surface area contributed by atoms with Crippen molar-refractivity contribution in [1.82, 2.24) is 0 Å². The summed E-state index contributed by atoms with van der Waals surface area (Å²) in [5.74, 6) is 0. The SMILES string of the molecule is O=S(=O)(O)O.O=[Se]=O. The predicted octanol–water partition coefficient (Wildman–Crippen LogP) is -1.27. The van der Waals surface area contributed by atoms with Crippen molar-refractivity contribution in [2.24, 2.45) is 0 Å². The van der Waals surface area contributed by atoms with Gasteiger partial charge < -0.3 is 0 Å². The summed E-state index contributed by atoms with van der Waals surface area (Å²) in [6.07, 6.45) is 0. The molecule has 0 aliphatic rings. The molecule has 0 aromatic heterocycles. The zero-order valence-electron chi connectivity index (χ0n) is 3.34. The van der Waals surface area contributed by atoms with Crippen LogP contribution in [0.3, 0.4) is 0 Å². The molecule has 0 rings (SSSR count). The van der Waals surface area contributed by atoms with Crippen LogP contribution in [-0.2, 0) is 18.1 Å². The zero-order chi connectivity index (χ0) is 7.21. The second-order valence-corrected chi connectivity index (χ2v) is 1.70. The summed E-state index contributed by atoms with van der Waals surface area (Å²) in [6, 6.07) is 0. The van der Waals surface area contributed by atoms with Crippen molar-refractivity contribution in [1.29, 1.82) is 0 Å². The molecule has 0 saturated heterocycles. The van der Waals surface area contributed by atoms with E-state index in [1.807, 2.05) is 0 Å². The normalized spacial score (nSPS) is 8.75. The van der Waals surface area contributed by atoms with Crippen LogP contribution >= 0.6 is 0 Å². The molecule has 0 bridgehead atoms. The van der Waals surface area contributed by atoms with Crippen LogP contribution in [0.4, 0.5) is 0 Å². The van der Waals surface area contributed by atoms with Crippen LogP contribution in [0.5, 0.6) is 0 Å². The van der Waals surface area contributed by atoms with E-state index in [4.69, 9.17) is 25.2 Å². The molecule has 0 aromatic carbocycles. The van der Waals surface area contributed by atoms with Gasteiger partial charge in [0.1, 0.15) is 0 Å². The second kappa shape index (κ2) is 5.13. The Morgan fingerprint density at radius 2 is 1.12 bits per heavy atom. The Hall–Kier alpha value is -0.0105. The van der Waals surface area contributed by atoms with Gasteiger partial charge in [0.2, 0.25) is 0 Å². The number of hydrogen-bond acceptors (Lipinski definition) is 4. The third kappa shape index (κ3) is 1350000. The first-order valence-electron chi connectivity index (χ1n) is 1.03. The summed E-state index contributed by atoms with van der Waals surface area (Å²) in [4.78, 5) is 0. The Morgan fingerprint density at radius 3 is 1.12 bits per heavy atom. The number of hydrogen-bond donors (Lipinski definition) is 2. The van der Waals surface area contributed by atoms with Crippen LogP contribution in [-0.4, -0.2) is 32.3 Å². The Labute approximate surface area is 51.0 Å². The van der Waals surface area contributed by atoms with Gasteiger partial charge in [0, 0.05) is 0 Å². The summed E-state index contributed by atoms with van der Waals surface area (Å²) in [6.45, 7) is 0. The van der Waals surface area contributed by atoms with E-state index in [0.29, 0.717) is 0 Å². The minimum absolute atomic E-state index is 1.62. The molecule has 0 heterocycles. The Balaban J connectivity index is 0. The monoisotopic (exact) mass is 210 g/mol. The molecule has 8 heavy (non-hydrogen) atoms. The van der Waals surface area contributed by atoms with Gasteiger partial charge >= 0.3 is 32.9 Å². The zero-order valence-corrected chi connectivity index (χ0v) is 5.87. The molecule has 0 saturated carbocycles. The summed E-state index contributed by atoms with van der Waals surface area (Å²) in [5.41, 5.74) is 0. The van der Waals surface area contributed by atoms with Crippen molar-refractivity contribution in [3.63, 3.8) is 0 Å². The van der Waals surface area contributed by atoms with Crippen LogP contribution in [0.25, 0.3) is 0 Å². The molecule has 0 aromatic rings. The van der Waals surface area contributed by atoms with Gasteiger partial charge in [-0.3, -0.25) is 9.11 Å². The summed E-state index contributed by atoms with van der Waals surface area (Å²) in [5, 5.41) is 0. The molecule has 0 radical (unpaired) electrons. The maximum absolute atomic E-state index is 8.74. The van der Waals surface area contributed by atoms with Gasteiger partial charge in [-0.15, -0.1) is 0 Å². The second-order valence-electron chi connectivity index (χ2n) is 0.516. The summed E-state index contributed by atoms with van der Waals surface area (Å²) in [7, 11) is -4.67. The van der Waals surface area contributed by atoms with E-state index < -0.39 is 25.2 Å². The van der Waals surface area contributed by atoms with E-state index in [1.165, 1.54) is 0 Å². The maximum atomic E-state index is 8.74. The average molecular weight is 209 g/mol. The average Bonchev–Trinajstić information content (AvgIpc) is 1.27. The van der Waals surface area contributed by atoms with Gasteiger partial charge in [0.15, 0.2) is 0 Å². The molecule has 0 aliphatic heterocycles. The van der Waals surface area contributed by atoms with Gasteiger partial charge in [-0.1, -0.05) is 0 Å². The van der Waals surface area contributed by atoms with Gasteiger partial charge in [0.05, 0.1) is 0 Å². The van der Waals surface area contributed by atoms with Crippen molar-refractivity contribution in [2.75, 3.05) is 0 Å². The summed E-state index contributed by atoms with van der Waals surface area (Å²) >= 11 is -1.62. The van der Waals surface area contributed by atoms with Crippen molar-refractivity contribution >= 4 is 25.2 Å². The molecule has 0 aliphatic carbocycles. The minimum atomic E-state index is -4.67. The first-order valence-corrected chi connectivity index (χ1v) is 3.83. The molecule has 0 amide bonds. The summed E-state index contributed by atoms with van der Waals surface area (Å²) < 4.78 is 48.5. The standard InChI is InChI=1S/H2O4S.O2Se/c1-5(2,3)4;1-3-2/h(H2,1,2,3,4);.